The van der Waals surface area contributed by atoms with Crippen LogP contribution in [0, 0.1) is 0 Å². The molecule has 0 bridgehead atoms. The van der Waals surface area contributed by atoms with Gasteiger partial charge in [-0.1, -0.05) is 0 Å². The second-order valence-corrected chi connectivity index (χ2v) is 3.64. The molecule has 1 rings (SSSR count). The minimum Gasteiger partial charge on any atom is -0.433 e. The average Bonchev–Trinajstić information content (AvgIpc) is 2.21. The SMILES string of the molecule is CC(=O)O[C@@H]1O[C@H](CCO)[C@@H](O)[C@H](O)[C@@H]1O. The molecule has 0 unspecified atom stereocenters. The van der Waals surface area contributed by atoms with Gasteiger partial charge >= 0.3 is 5.97 Å². The van der Waals surface area contributed by atoms with E-state index >= 15 is 0 Å². The summed E-state index contributed by atoms with van der Waals surface area (Å²) in [5.74, 6) is -0.671. The predicted octanol–water partition coefficient (Wildman–Crippen LogP) is -2.26. The van der Waals surface area contributed by atoms with Crippen molar-refractivity contribution in [2.45, 2.75) is 44.1 Å². The molecule has 1 heterocycles. The van der Waals surface area contributed by atoms with Crippen molar-refractivity contribution in [3.05, 3.63) is 0 Å². The van der Waals surface area contributed by atoms with Crippen molar-refractivity contribution < 1.29 is 34.7 Å². The Balaban J connectivity index is 2.68. The quantitative estimate of drug-likeness (QED) is 0.408. The van der Waals surface area contributed by atoms with Crippen molar-refractivity contribution in [2.75, 3.05) is 6.61 Å². The van der Waals surface area contributed by atoms with Crippen molar-refractivity contribution in [2.24, 2.45) is 0 Å². The van der Waals surface area contributed by atoms with E-state index in [1.165, 1.54) is 0 Å². The smallest absolute Gasteiger partial charge is 0.305 e. The fourth-order valence-corrected chi connectivity index (χ4v) is 1.54. The van der Waals surface area contributed by atoms with Gasteiger partial charge in [-0.2, -0.15) is 0 Å². The van der Waals surface area contributed by atoms with Gasteiger partial charge in [0, 0.05) is 13.5 Å². The molecule has 94 valence electrons. The molecular weight excluding hydrogens is 220 g/mol. The summed E-state index contributed by atoms with van der Waals surface area (Å²) in [5, 5.41) is 37.2. The van der Waals surface area contributed by atoms with Crippen LogP contribution >= 0.6 is 0 Å². The minimum absolute atomic E-state index is 0.0721. The molecule has 16 heavy (non-hydrogen) atoms. The average molecular weight is 236 g/mol. The highest BCUT2D eigenvalue weighted by Crippen LogP contribution is 2.23. The van der Waals surface area contributed by atoms with Gasteiger partial charge < -0.3 is 29.9 Å². The highest BCUT2D eigenvalue weighted by atomic mass is 16.7. The molecule has 7 heteroatoms. The van der Waals surface area contributed by atoms with Gasteiger partial charge in [-0.3, -0.25) is 4.79 Å². The molecular formula is C9H16O7. The second kappa shape index (κ2) is 5.55. The molecule has 0 amide bonds. The van der Waals surface area contributed by atoms with Gasteiger partial charge in [0.05, 0.1) is 6.10 Å². The third-order valence-corrected chi connectivity index (χ3v) is 2.36. The van der Waals surface area contributed by atoms with Crippen molar-refractivity contribution in [1.82, 2.24) is 0 Å². The Labute approximate surface area is 92.2 Å². The minimum atomic E-state index is -1.51. The molecule has 0 aliphatic carbocycles. The van der Waals surface area contributed by atoms with E-state index in [4.69, 9.17) is 9.84 Å². The molecule has 1 fully saturated rings. The van der Waals surface area contributed by atoms with E-state index in [-0.39, 0.29) is 13.0 Å². The molecule has 4 N–H and O–H groups in total. The number of carbonyl (C=O) groups excluding carboxylic acids is 1. The summed E-state index contributed by atoms with van der Waals surface area (Å²) in [6, 6.07) is 0. The van der Waals surface area contributed by atoms with Crippen molar-refractivity contribution in [1.29, 1.82) is 0 Å². The Morgan fingerprint density at radius 3 is 2.38 bits per heavy atom. The van der Waals surface area contributed by atoms with E-state index in [1.54, 1.807) is 0 Å². The Bertz CT molecular complexity index is 244. The van der Waals surface area contributed by atoms with Gasteiger partial charge in [0.2, 0.25) is 6.29 Å². The van der Waals surface area contributed by atoms with Crippen LogP contribution in [-0.4, -0.2) is 63.7 Å². The van der Waals surface area contributed by atoms with Crippen molar-refractivity contribution in [3.63, 3.8) is 0 Å². The normalized spacial score (nSPS) is 39.4. The highest BCUT2D eigenvalue weighted by Gasteiger charge is 2.44. The Kier molecular flexibility index (Phi) is 4.63. The van der Waals surface area contributed by atoms with E-state index < -0.39 is 36.7 Å². The Hall–Kier alpha value is -0.730. The number of aliphatic hydroxyl groups excluding tert-OH is 4. The van der Waals surface area contributed by atoms with Crippen molar-refractivity contribution >= 4 is 5.97 Å². The fourth-order valence-electron chi connectivity index (χ4n) is 1.54. The highest BCUT2D eigenvalue weighted by molar-refractivity contribution is 5.66. The Morgan fingerprint density at radius 1 is 1.25 bits per heavy atom. The number of aliphatic hydroxyl groups is 4. The molecule has 7 nitrogen and oxygen atoms in total. The number of hydrogen-bond acceptors (Lipinski definition) is 7. The van der Waals surface area contributed by atoms with Crippen LogP contribution in [0.4, 0.5) is 0 Å². The van der Waals surface area contributed by atoms with Crippen LogP contribution < -0.4 is 0 Å². The first-order valence-corrected chi connectivity index (χ1v) is 4.95. The zero-order valence-electron chi connectivity index (χ0n) is 8.81. The lowest BCUT2D eigenvalue weighted by Gasteiger charge is -2.39. The van der Waals surface area contributed by atoms with Crippen LogP contribution in [0.15, 0.2) is 0 Å². The van der Waals surface area contributed by atoms with Gasteiger partial charge in [0.1, 0.15) is 18.3 Å². The first kappa shape index (κ1) is 13.3. The number of hydrogen-bond donors (Lipinski definition) is 4. The van der Waals surface area contributed by atoms with Gasteiger partial charge in [0.15, 0.2) is 0 Å². The zero-order chi connectivity index (χ0) is 12.3. The van der Waals surface area contributed by atoms with E-state index in [9.17, 15) is 20.1 Å². The molecule has 0 aromatic rings. The summed E-state index contributed by atoms with van der Waals surface area (Å²) >= 11 is 0. The third kappa shape index (κ3) is 2.89. The number of carbonyl (C=O) groups is 1. The van der Waals surface area contributed by atoms with Gasteiger partial charge in [-0.05, 0) is 6.42 Å². The van der Waals surface area contributed by atoms with Gasteiger partial charge in [-0.25, -0.2) is 0 Å². The summed E-state index contributed by atoms with van der Waals surface area (Å²) in [6.07, 6.45) is -6.44. The van der Waals surface area contributed by atoms with Crippen LogP contribution in [0.2, 0.25) is 0 Å². The molecule has 0 aromatic heterocycles. The molecule has 1 aliphatic heterocycles. The molecule has 5 atom stereocenters. The Morgan fingerprint density at radius 2 is 1.88 bits per heavy atom. The lowest BCUT2D eigenvalue weighted by molar-refractivity contribution is -0.289. The van der Waals surface area contributed by atoms with Crippen LogP contribution in [0.5, 0.6) is 0 Å². The maximum Gasteiger partial charge on any atom is 0.305 e. The molecule has 0 saturated carbocycles. The molecule has 1 aliphatic rings. The molecule has 1 saturated heterocycles. The molecule has 0 spiro atoms. The lowest BCUT2D eigenvalue weighted by atomic mass is 9.97. The van der Waals surface area contributed by atoms with E-state index in [1.807, 2.05) is 0 Å². The number of ether oxygens (including phenoxy) is 2. The molecule has 0 radical (unpaired) electrons. The van der Waals surface area contributed by atoms with E-state index in [2.05, 4.69) is 4.74 Å². The molecule has 0 aromatic carbocycles. The standard InChI is InChI=1S/C9H16O7/c1-4(11)15-9-8(14)7(13)6(12)5(16-9)2-3-10/h5-10,12-14H,2-3H2,1H3/t5-,6-,7+,8+,9-/m1/s1. The summed E-state index contributed by atoms with van der Waals surface area (Å²) < 4.78 is 9.70. The van der Waals surface area contributed by atoms with Crippen LogP contribution in [0.1, 0.15) is 13.3 Å². The maximum absolute atomic E-state index is 10.7. The van der Waals surface area contributed by atoms with Crippen molar-refractivity contribution in [3.8, 4) is 0 Å². The second-order valence-electron chi connectivity index (χ2n) is 3.64. The van der Waals surface area contributed by atoms with Gasteiger partial charge in [0.25, 0.3) is 0 Å². The monoisotopic (exact) mass is 236 g/mol. The number of rotatable bonds is 3. The summed E-state index contributed by atoms with van der Waals surface area (Å²) in [5.41, 5.74) is 0. The van der Waals surface area contributed by atoms with E-state index in [0.717, 1.165) is 6.92 Å². The fraction of sp³-hybridized carbons (Fsp3) is 0.889. The summed E-state index contributed by atoms with van der Waals surface area (Å²) in [4.78, 5) is 10.7. The largest absolute Gasteiger partial charge is 0.433 e. The lowest BCUT2D eigenvalue weighted by Crippen LogP contribution is -2.58. The summed E-state index contributed by atoms with van der Waals surface area (Å²) in [6.45, 7) is 0.881. The van der Waals surface area contributed by atoms with Crippen LogP contribution in [-0.2, 0) is 14.3 Å². The van der Waals surface area contributed by atoms with E-state index in [0.29, 0.717) is 0 Å². The third-order valence-electron chi connectivity index (χ3n) is 2.36. The topological polar surface area (TPSA) is 116 Å². The maximum atomic E-state index is 10.7. The zero-order valence-corrected chi connectivity index (χ0v) is 8.81. The van der Waals surface area contributed by atoms with Gasteiger partial charge in [-0.15, -0.1) is 0 Å². The first-order valence-electron chi connectivity index (χ1n) is 4.95. The van der Waals surface area contributed by atoms with Crippen LogP contribution in [0.25, 0.3) is 0 Å². The predicted molar refractivity (Wildman–Crippen MR) is 50.2 cm³/mol. The van der Waals surface area contributed by atoms with Crippen LogP contribution in [0.3, 0.4) is 0 Å². The number of esters is 1. The summed E-state index contributed by atoms with van der Waals surface area (Å²) in [7, 11) is 0. The first-order chi connectivity index (χ1) is 7.47.